The van der Waals surface area contributed by atoms with Crippen molar-refractivity contribution in [3.63, 3.8) is 0 Å². The van der Waals surface area contributed by atoms with Crippen LogP contribution in [-0.4, -0.2) is 18.8 Å². The predicted molar refractivity (Wildman–Crippen MR) is 66.3 cm³/mol. The molecule has 3 heteroatoms. The van der Waals surface area contributed by atoms with Crippen LogP contribution < -0.4 is 5.73 Å². The SMILES string of the molecule is NCC(F)(CCOCc1ccccc1)C1CC1. The lowest BCUT2D eigenvalue weighted by Gasteiger charge is -2.23. The zero-order valence-electron chi connectivity index (χ0n) is 10.1. The maximum atomic E-state index is 14.2. The summed E-state index contributed by atoms with van der Waals surface area (Å²) >= 11 is 0. The second-order valence-electron chi connectivity index (χ2n) is 4.80. The zero-order valence-corrected chi connectivity index (χ0v) is 10.1. The summed E-state index contributed by atoms with van der Waals surface area (Å²) in [4.78, 5) is 0. The Bertz CT molecular complexity index is 339. The summed E-state index contributed by atoms with van der Waals surface area (Å²) in [6, 6.07) is 9.93. The smallest absolute Gasteiger partial charge is 0.128 e. The zero-order chi connectivity index (χ0) is 12.1. The summed E-state index contributed by atoms with van der Waals surface area (Å²) < 4.78 is 19.7. The molecule has 1 aliphatic rings. The second kappa shape index (κ2) is 5.61. The molecule has 0 aliphatic heterocycles. The molecule has 1 atom stereocenters. The second-order valence-corrected chi connectivity index (χ2v) is 4.80. The molecule has 1 unspecified atom stereocenters. The minimum Gasteiger partial charge on any atom is -0.377 e. The van der Waals surface area contributed by atoms with Crippen LogP contribution in [0.1, 0.15) is 24.8 Å². The monoisotopic (exact) mass is 237 g/mol. The van der Waals surface area contributed by atoms with Crippen LogP contribution in [0, 0.1) is 5.92 Å². The number of hydrogen-bond acceptors (Lipinski definition) is 2. The highest BCUT2D eigenvalue weighted by Crippen LogP contribution is 2.43. The van der Waals surface area contributed by atoms with E-state index in [0.29, 0.717) is 19.6 Å². The minimum absolute atomic E-state index is 0.117. The highest BCUT2D eigenvalue weighted by atomic mass is 19.1. The summed E-state index contributed by atoms with van der Waals surface area (Å²) in [6.45, 7) is 1.11. The number of alkyl halides is 1. The maximum Gasteiger partial charge on any atom is 0.128 e. The third-order valence-electron chi connectivity index (χ3n) is 3.42. The lowest BCUT2D eigenvalue weighted by Crippen LogP contribution is -2.36. The quantitative estimate of drug-likeness (QED) is 0.740. The van der Waals surface area contributed by atoms with E-state index >= 15 is 0 Å². The lowest BCUT2D eigenvalue weighted by molar-refractivity contribution is 0.0518. The van der Waals surface area contributed by atoms with Crippen molar-refractivity contribution in [3.8, 4) is 0 Å². The molecule has 1 saturated carbocycles. The van der Waals surface area contributed by atoms with Gasteiger partial charge in [0.1, 0.15) is 5.67 Å². The number of ether oxygens (including phenoxy) is 1. The molecule has 17 heavy (non-hydrogen) atoms. The Morgan fingerprint density at radius 1 is 1.29 bits per heavy atom. The van der Waals surface area contributed by atoms with Crippen LogP contribution in [0.4, 0.5) is 4.39 Å². The van der Waals surface area contributed by atoms with Gasteiger partial charge in [0, 0.05) is 13.0 Å². The largest absolute Gasteiger partial charge is 0.377 e. The summed E-state index contributed by atoms with van der Waals surface area (Å²) in [6.07, 6.45) is 2.37. The van der Waals surface area contributed by atoms with Crippen LogP contribution >= 0.6 is 0 Å². The van der Waals surface area contributed by atoms with Gasteiger partial charge in [-0.15, -0.1) is 0 Å². The molecule has 0 saturated heterocycles. The van der Waals surface area contributed by atoms with Crippen LogP contribution in [0.3, 0.4) is 0 Å². The van der Waals surface area contributed by atoms with Gasteiger partial charge in [-0.3, -0.25) is 0 Å². The fourth-order valence-corrected chi connectivity index (χ4v) is 2.08. The van der Waals surface area contributed by atoms with E-state index in [1.807, 2.05) is 30.3 Å². The van der Waals surface area contributed by atoms with Crippen molar-refractivity contribution >= 4 is 0 Å². The first-order valence-electron chi connectivity index (χ1n) is 6.25. The highest BCUT2D eigenvalue weighted by Gasteiger charge is 2.44. The molecule has 1 aromatic rings. The van der Waals surface area contributed by atoms with Gasteiger partial charge in [-0.2, -0.15) is 0 Å². The van der Waals surface area contributed by atoms with Gasteiger partial charge in [0.25, 0.3) is 0 Å². The van der Waals surface area contributed by atoms with Gasteiger partial charge in [0.05, 0.1) is 13.2 Å². The Morgan fingerprint density at radius 2 is 2.00 bits per heavy atom. The van der Waals surface area contributed by atoms with Gasteiger partial charge in [-0.25, -0.2) is 4.39 Å². The minimum atomic E-state index is -1.20. The van der Waals surface area contributed by atoms with Crippen LogP contribution in [-0.2, 0) is 11.3 Å². The normalized spacial score (nSPS) is 18.9. The molecule has 0 aromatic heterocycles. The van der Waals surface area contributed by atoms with Crippen molar-refractivity contribution in [3.05, 3.63) is 35.9 Å². The van der Waals surface area contributed by atoms with E-state index in [1.54, 1.807) is 0 Å². The Hall–Kier alpha value is -0.930. The van der Waals surface area contributed by atoms with Crippen LogP contribution in [0.15, 0.2) is 30.3 Å². The molecule has 0 spiro atoms. The molecule has 94 valence electrons. The van der Waals surface area contributed by atoms with E-state index in [0.717, 1.165) is 18.4 Å². The molecule has 1 aliphatic carbocycles. The fourth-order valence-electron chi connectivity index (χ4n) is 2.08. The molecule has 1 fully saturated rings. The standard InChI is InChI=1S/C14H20FNO/c15-14(11-16,13-6-7-13)8-9-17-10-12-4-2-1-3-5-12/h1-5,13H,6-11,16H2. The first-order chi connectivity index (χ1) is 8.24. The number of benzene rings is 1. The van der Waals surface area contributed by atoms with Crippen LogP contribution in [0.5, 0.6) is 0 Å². The summed E-state index contributed by atoms with van der Waals surface area (Å²) in [5.41, 5.74) is 5.43. The van der Waals surface area contributed by atoms with E-state index < -0.39 is 5.67 Å². The van der Waals surface area contributed by atoms with Crippen molar-refractivity contribution < 1.29 is 9.13 Å². The molecule has 0 bridgehead atoms. The molecule has 0 radical (unpaired) electrons. The topological polar surface area (TPSA) is 35.2 Å². The molecule has 2 N–H and O–H groups in total. The summed E-state index contributed by atoms with van der Waals surface area (Å²) in [5, 5.41) is 0. The number of nitrogens with two attached hydrogens (primary N) is 1. The molecular formula is C14H20FNO. The Kier molecular flexibility index (Phi) is 4.13. The Morgan fingerprint density at radius 3 is 2.59 bits per heavy atom. The predicted octanol–water partition coefficient (Wildman–Crippen LogP) is 2.67. The van der Waals surface area contributed by atoms with E-state index in [9.17, 15) is 4.39 Å². The average molecular weight is 237 g/mol. The Labute approximate surface area is 102 Å². The van der Waals surface area contributed by atoms with Gasteiger partial charge in [0.15, 0.2) is 0 Å². The van der Waals surface area contributed by atoms with Crippen molar-refractivity contribution in [2.45, 2.75) is 31.5 Å². The maximum absolute atomic E-state index is 14.2. The summed E-state index contributed by atoms with van der Waals surface area (Å²) in [7, 11) is 0. The summed E-state index contributed by atoms with van der Waals surface area (Å²) in [5.74, 6) is 0.174. The van der Waals surface area contributed by atoms with Crippen molar-refractivity contribution in [2.24, 2.45) is 11.7 Å². The van der Waals surface area contributed by atoms with Crippen molar-refractivity contribution in [1.82, 2.24) is 0 Å². The average Bonchev–Trinajstić information content (AvgIpc) is 3.20. The highest BCUT2D eigenvalue weighted by molar-refractivity contribution is 5.13. The first kappa shape index (κ1) is 12.5. The van der Waals surface area contributed by atoms with Gasteiger partial charge < -0.3 is 10.5 Å². The van der Waals surface area contributed by atoms with Crippen molar-refractivity contribution in [2.75, 3.05) is 13.2 Å². The van der Waals surface area contributed by atoms with Crippen molar-refractivity contribution in [1.29, 1.82) is 0 Å². The van der Waals surface area contributed by atoms with E-state index in [4.69, 9.17) is 10.5 Å². The first-order valence-corrected chi connectivity index (χ1v) is 6.25. The third kappa shape index (κ3) is 3.51. The van der Waals surface area contributed by atoms with Crippen LogP contribution in [0.25, 0.3) is 0 Å². The van der Waals surface area contributed by atoms with E-state index in [2.05, 4.69) is 0 Å². The number of halogens is 1. The van der Waals surface area contributed by atoms with E-state index in [1.165, 1.54) is 0 Å². The third-order valence-corrected chi connectivity index (χ3v) is 3.42. The van der Waals surface area contributed by atoms with Gasteiger partial charge in [0.2, 0.25) is 0 Å². The van der Waals surface area contributed by atoms with Gasteiger partial charge in [-0.1, -0.05) is 30.3 Å². The molecule has 0 amide bonds. The Balaban J connectivity index is 1.69. The molecule has 1 aromatic carbocycles. The fraction of sp³-hybridized carbons (Fsp3) is 0.571. The molecule has 2 rings (SSSR count). The number of rotatable bonds is 7. The molecular weight excluding hydrogens is 217 g/mol. The van der Waals surface area contributed by atoms with Crippen LogP contribution in [0.2, 0.25) is 0 Å². The molecule has 2 nitrogen and oxygen atoms in total. The van der Waals surface area contributed by atoms with E-state index in [-0.39, 0.29) is 12.5 Å². The number of hydrogen-bond donors (Lipinski definition) is 1. The van der Waals surface area contributed by atoms with Gasteiger partial charge in [-0.05, 0) is 24.3 Å². The lowest BCUT2D eigenvalue weighted by atomic mass is 9.96. The van der Waals surface area contributed by atoms with Gasteiger partial charge >= 0.3 is 0 Å². The molecule has 0 heterocycles.